The van der Waals surface area contributed by atoms with Crippen molar-refractivity contribution >= 4 is 5.91 Å². The highest BCUT2D eigenvalue weighted by atomic mass is 19.1. The number of hydrogen-bond acceptors (Lipinski definition) is 2. The predicted molar refractivity (Wildman–Crippen MR) is 44.6 cm³/mol. The summed E-state index contributed by atoms with van der Waals surface area (Å²) in [6, 6.07) is 0.261. The maximum Gasteiger partial charge on any atom is 0.220 e. The third kappa shape index (κ3) is 3.17. The molecule has 1 atom stereocenters. The highest BCUT2D eigenvalue weighted by Crippen LogP contribution is 2.04. The summed E-state index contributed by atoms with van der Waals surface area (Å²) >= 11 is 0. The minimum atomic E-state index is -0.274. The van der Waals surface area contributed by atoms with E-state index in [9.17, 15) is 9.18 Å². The van der Waals surface area contributed by atoms with Crippen molar-refractivity contribution in [2.75, 3.05) is 19.8 Å². The molecule has 1 aliphatic rings. The highest BCUT2D eigenvalue weighted by molar-refractivity contribution is 5.78. The van der Waals surface area contributed by atoms with Crippen LogP contribution in [0.4, 0.5) is 4.39 Å². The van der Waals surface area contributed by atoms with E-state index in [1.54, 1.807) is 0 Å². The zero-order valence-electron chi connectivity index (χ0n) is 7.11. The maximum absolute atomic E-state index is 11.6. The Morgan fingerprint density at radius 1 is 1.67 bits per heavy atom. The van der Waals surface area contributed by atoms with E-state index >= 15 is 0 Å². The van der Waals surface area contributed by atoms with Crippen molar-refractivity contribution in [2.45, 2.75) is 25.3 Å². The third-order valence-electron chi connectivity index (χ3n) is 1.96. The Bertz CT molecular complexity index is 152. The minimum absolute atomic E-state index is 0.132. The normalized spacial score (nSPS) is 22.8. The Morgan fingerprint density at radius 2 is 2.50 bits per heavy atom. The van der Waals surface area contributed by atoms with Crippen molar-refractivity contribution in [2.24, 2.45) is 0 Å². The van der Waals surface area contributed by atoms with Crippen LogP contribution in [0.3, 0.4) is 0 Å². The average molecular weight is 174 g/mol. The number of alkyl halides is 1. The van der Waals surface area contributed by atoms with Gasteiger partial charge in [-0.2, -0.15) is 0 Å². The van der Waals surface area contributed by atoms with Gasteiger partial charge in [0.1, 0.15) is 0 Å². The van der Waals surface area contributed by atoms with Crippen LogP contribution in [0, 0.1) is 0 Å². The van der Waals surface area contributed by atoms with Crippen LogP contribution in [0.5, 0.6) is 0 Å². The molecule has 1 aliphatic heterocycles. The van der Waals surface area contributed by atoms with Crippen molar-refractivity contribution in [3.05, 3.63) is 0 Å². The van der Waals surface area contributed by atoms with Gasteiger partial charge in [0.15, 0.2) is 0 Å². The lowest BCUT2D eigenvalue weighted by Crippen LogP contribution is -2.36. The van der Waals surface area contributed by atoms with Gasteiger partial charge in [-0.15, -0.1) is 0 Å². The number of carbonyl (C=O) groups is 1. The topological polar surface area (TPSA) is 41.1 Å². The van der Waals surface area contributed by atoms with Gasteiger partial charge < -0.3 is 10.6 Å². The number of hydrogen-bond donors (Lipinski definition) is 2. The molecule has 0 aromatic carbocycles. The van der Waals surface area contributed by atoms with E-state index in [1.807, 2.05) is 0 Å². The van der Waals surface area contributed by atoms with E-state index in [4.69, 9.17) is 0 Å². The number of amides is 1. The number of halogens is 1. The Hall–Kier alpha value is -0.640. The van der Waals surface area contributed by atoms with E-state index in [0.717, 1.165) is 13.0 Å². The van der Waals surface area contributed by atoms with E-state index < -0.39 is 0 Å². The quantitative estimate of drug-likeness (QED) is 0.585. The lowest BCUT2D eigenvalue weighted by atomic mass is 10.2. The monoisotopic (exact) mass is 174 g/mol. The summed E-state index contributed by atoms with van der Waals surface area (Å²) in [5.74, 6) is 0.132. The van der Waals surface area contributed by atoms with Crippen LogP contribution in [0.15, 0.2) is 0 Å². The summed E-state index contributed by atoms with van der Waals surface area (Å²) in [7, 11) is 0. The first-order chi connectivity index (χ1) is 5.83. The summed E-state index contributed by atoms with van der Waals surface area (Å²) in [4.78, 5) is 10.7. The van der Waals surface area contributed by atoms with Crippen LogP contribution >= 0.6 is 0 Å². The van der Waals surface area contributed by atoms with Gasteiger partial charge in [-0.3, -0.25) is 9.18 Å². The second-order valence-corrected chi connectivity index (χ2v) is 3.05. The largest absolute Gasteiger partial charge is 0.352 e. The molecule has 0 aliphatic carbocycles. The van der Waals surface area contributed by atoms with Crippen molar-refractivity contribution < 1.29 is 9.18 Å². The molecule has 1 unspecified atom stereocenters. The van der Waals surface area contributed by atoms with Gasteiger partial charge in [-0.1, -0.05) is 0 Å². The zero-order valence-corrected chi connectivity index (χ0v) is 7.11. The molecule has 2 N–H and O–H groups in total. The van der Waals surface area contributed by atoms with Crippen molar-refractivity contribution in [3.63, 3.8) is 0 Å². The van der Waals surface area contributed by atoms with Gasteiger partial charge in [-0.25, -0.2) is 0 Å². The zero-order chi connectivity index (χ0) is 8.81. The molecule has 0 radical (unpaired) electrons. The maximum atomic E-state index is 11.6. The molecule has 12 heavy (non-hydrogen) atoms. The van der Waals surface area contributed by atoms with Crippen LogP contribution in [-0.2, 0) is 4.79 Å². The number of rotatable bonds is 5. The Kier molecular flexibility index (Phi) is 4.00. The first-order valence-electron chi connectivity index (χ1n) is 4.39. The summed E-state index contributed by atoms with van der Waals surface area (Å²) in [5.41, 5.74) is 0. The van der Waals surface area contributed by atoms with E-state index in [-0.39, 0.29) is 18.6 Å². The molecule has 0 bridgehead atoms. The van der Waals surface area contributed by atoms with Crippen LogP contribution < -0.4 is 10.6 Å². The Morgan fingerprint density at radius 3 is 3.08 bits per heavy atom. The van der Waals surface area contributed by atoms with Crippen molar-refractivity contribution in [1.29, 1.82) is 0 Å². The molecule has 3 nitrogen and oxygen atoms in total. The van der Waals surface area contributed by atoms with Crippen molar-refractivity contribution in [3.8, 4) is 0 Å². The molecule has 0 aromatic heterocycles. The fourth-order valence-electron chi connectivity index (χ4n) is 1.30. The molecule has 0 spiro atoms. The molecule has 1 amide bonds. The standard InChI is InChI=1S/C8H15FN2O/c9-4-1-5-10-6-7-2-3-8(12)11-7/h7,10H,1-6H2,(H,11,12). The molecule has 1 heterocycles. The highest BCUT2D eigenvalue weighted by Gasteiger charge is 2.19. The van der Waals surface area contributed by atoms with Crippen LogP contribution in [0.25, 0.3) is 0 Å². The second kappa shape index (κ2) is 5.09. The van der Waals surface area contributed by atoms with Gasteiger partial charge in [0, 0.05) is 19.0 Å². The van der Waals surface area contributed by atoms with E-state index in [0.29, 0.717) is 19.4 Å². The summed E-state index contributed by atoms with van der Waals surface area (Å²) in [5, 5.41) is 5.93. The lowest BCUT2D eigenvalue weighted by Gasteiger charge is -2.09. The molecule has 1 rings (SSSR count). The lowest BCUT2D eigenvalue weighted by molar-refractivity contribution is -0.119. The van der Waals surface area contributed by atoms with E-state index in [2.05, 4.69) is 10.6 Å². The molecule has 1 fully saturated rings. The molecule has 70 valence electrons. The molecule has 0 aromatic rings. The van der Waals surface area contributed by atoms with Crippen LogP contribution in [-0.4, -0.2) is 31.7 Å². The van der Waals surface area contributed by atoms with Gasteiger partial charge in [0.25, 0.3) is 0 Å². The molecular weight excluding hydrogens is 159 g/mol. The SMILES string of the molecule is O=C1CCC(CNCCCF)N1. The van der Waals surface area contributed by atoms with Gasteiger partial charge in [-0.05, 0) is 19.4 Å². The first-order valence-corrected chi connectivity index (χ1v) is 4.39. The van der Waals surface area contributed by atoms with Gasteiger partial charge >= 0.3 is 0 Å². The summed E-state index contributed by atoms with van der Waals surface area (Å²) in [6.07, 6.45) is 2.09. The smallest absolute Gasteiger partial charge is 0.220 e. The summed E-state index contributed by atoms with van der Waals surface area (Å²) < 4.78 is 11.6. The predicted octanol–water partition coefficient (Wildman–Crippen LogP) is 0.214. The Balaban J connectivity index is 1.97. The molecule has 0 saturated carbocycles. The third-order valence-corrected chi connectivity index (χ3v) is 1.96. The first kappa shape index (κ1) is 9.45. The Labute approximate surface area is 71.7 Å². The minimum Gasteiger partial charge on any atom is -0.352 e. The van der Waals surface area contributed by atoms with Gasteiger partial charge in [0.05, 0.1) is 6.67 Å². The fourth-order valence-corrected chi connectivity index (χ4v) is 1.30. The fraction of sp³-hybridized carbons (Fsp3) is 0.875. The van der Waals surface area contributed by atoms with Gasteiger partial charge in [0.2, 0.25) is 5.91 Å². The molecular formula is C8H15FN2O. The van der Waals surface area contributed by atoms with Crippen molar-refractivity contribution in [1.82, 2.24) is 10.6 Å². The number of nitrogens with one attached hydrogen (secondary N) is 2. The number of carbonyl (C=O) groups excluding carboxylic acids is 1. The van der Waals surface area contributed by atoms with Crippen LogP contribution in [0.1, 0.15) is 19.3 Å². The second-order valence-electron chi connectivity index (χ2n) is 3.05. The average Bonchev–Trinajstić information content (AvgIpc) is 2.45. The molecule has 1 saturated heterocycles. The van der Waals surface area contributed by atoms with Crippen LogP contribution in [0.2, 0.25) is 0 Å². The molecule has 4 heteroatoms. The van der Waals surface area contributed by atoms with E-state index in [1.165, 1.54) is 0 Å². The summed E-state index contributed by atoms with van der Waals surface area (Å²) in [6.45, 7) is 1.19.